The standard InChI is InChI=1S/C16H24N2O2/c1-12-6-3-4-7-14(12)9-10-17-16(19)18-13(2)15-8-5-11-20-15/h3-4,6-7,13,15H,5,8-11H2,1-2H3,(H2,17,18,19)/t13-,15+/m1/s1. The predicted molar refractivity (Wildman–Crippen MR) is 79.9 cm³/mol. The summed E-state index contributed by atoms with van der Waals surface area (Å²) in [5.41, 5.74) is 2.54. The molecule has 4 heteroatoms. The first kappa shape index (κ1) is 14.9. The lowest BCUT2D eigenvalue weighted by Gasteiger charge is -2.20. The number of ether oxygens (including phenoxy) is 1. The number of urea groups is 1. The van der Waals surface area contributed by atoms with Crippen molar-refractivity contribution in [2.75, 3.05) is 13.2 Å². The summed E-state index contributed by atoms with van der Waals surface area (Å²) in [6.45, 7) is 5.55. The van der Waals surface area contributed by atoms with Crippen LogP contribution in [0.1, 0.15) is 30.9 Å². The fourth-order valence-corrected chi connectivity index (χ4v) is 2.55. The van der Waals surface area contributed by atoms with Gasteiger partial charge in [0.2, 0.25) is 0 Å². The van der Waals surface area contributed by atoms with Crippen LogP contribution in [0.2, 0.25) is 0 Å². The first-order valence-corrected chi connectivity index (χ1v) is 7.37. The van der Waals surface area contributed by atoms with Crippen molar-refractivity contribution in [2.24, 2.45) is 0 Å². The minimum absolute atomic E-state index is 0.0657. The van der Waals surface area contributed by atoms with Gasteiger partial charge in [-0.2, -0.15) is 0 Å². The normalized spacial score (nSPS) is 19.6. The van der Waals surface area contributed by atoms with Crippen LogP contribution in [-0.2, 0) is 11.2 Å². The lowest BCUT2D eigenvalue weighted by Crippen LogP contribution is -2.46. The molecule has 1 aliphatic heterocycles. The van der Waals surface area contributed by atoms with E-state index in [-0.39, 0.29) is 18.2 Å². The number of hydrogen-bond acceptors (Lipinski definition) is 2. The Morgan fingerprint density at radius 3 is 2.95 bits per heavy atom. The van der Waals surface area contributed by atoms with Crippen LogP contribution in [0.25, 0.3) is 0 Å². The number of nitrogens with one attached hydrogen (secondary N) is 2. The van der Waals surface area contributed by atoms with Gasteiger partial charge in [-0.25, -0.2) is 4.79 Å². The zero-order chi connectivity index (χ0) is 14.4. The first-order chi connectivity index (χ1) is 9.66. The van der Waals surface area contributed by atoms with Crippen LogP contribution < -0.4 is 10.6 Å². The van der Waals surface area contributed by atoms with E-state index >= 15 is 0 Å². The predicted octanol–water partition coefficient (Wildman–Crippen LogP) is 2.40. The Bertz CT molecular complexity index is 442. The molecule has 0 aliphatic carbocycles. The Morgan fingerprint density at radius 1 is 1.45 bits per heavy atom. The van der Waals surface area contributed by atoms with Gasteiger partial charge in [0.05, 0.1) is 12.1 Å². The van der Waals surface area contributed by atoms with E-state index in [1.807, 2.05) is 19.1 Å². The molecule has 110 valence electrons. The molecule has 1 saturated heterocycles. The third-order valence-electron chi connectivity index (χ3n) is 3.82. The average molecular weight is 276 g/mol. The molecular weight excluding hydrogens is 252 g/mol. The van der Waals surface area contributed by atoms with E-state index in [1.54, 1.807) is 0 Å². The SMILES string of the molecule is Cc1ccccc1CCNC(=O)N[C@H](C)[C@@H]1CCCO1. The number of rotatable bonds is 5. The van der Waals surface area contributed by atoms with Crippen LogP contribution in [0.5, 0.6) is 0 Å². The van der Waals surface area contributed by atoms with Gasteiger partial charge in [-0.3, -0.25) is 0 Å². The second-order valence-corrected chi connectivity index (χ2v) is 5.42. The van der Waals surface area contributed by atoms with Crippen LogP contribution in [0.4, 0.5) is 4.79 Å². The Hall–Kier alpha value is -1.55. The van der Waals surface area contributed by atoms with E-state index in [9.17, 15) is 4.79 Å². The summed E-state index contributed by atoms with van der Waals surface area (Å²) in [7, 11) is 0. The maximum Gasteiger partial charge on any atom is 0.315 e. The summed E-state index contributed by atoms with van der Waals surface area (Å²) in [5.74, 6) is 0. The van der Waals surface area contributed by atoms with Gasteiger partial charge in [0.25, 0.3) is 0 Å². The van der Waals surface area contributed by atoms with Crippen molar-refractivity contribution in [3.05, 3.63) is 35.4 Å². The second-order valence-electron chi connectivity index (χ2n) is 5.42. The highest BCUT2D eigenvalue weighted by atomic mass is 16.5. The molecule has 1 aromatic rings. The van der Waals surface area contributed by atoms with Crippen molar-refractivity contribution >= 4 is 6.03 Å². The fraction of sp³-hybridized carbons (Fsp3) is 0.562. The maximum atomic E-state index is 11.8. The summed E-state index contributed by atoms with van der Waals surface area (Å²) in [5, 5.41) is 5.85. The summed E-state index contributed by atoms with van der Waals surface area (Å²) in [4.78, 5) is 11.8. The summed E-state index contributed by atoms with van der Waals surface area (Å²) < 4.78 is 5.56. The number of carbonyl (C=O) groups excluding carboxylic acids is 1. The van der Waals surface area contributed by atoms with Crippen molar-refractivity contribution < 1.29 is 9.53 Å². The number of aryl methyl sites for hydroxylation is 1. The van der Waals surface area contributed by atoms with Gasteiger partial charge in [-0.15, -0.1) is 0 Å². The van der Waals surface area contributed by atoms with Gasteiger partial charge in [-0.05, 0) is 44.2 Å². The monoisotopic (exact) mass is 276 g/mol. The molecular formula is C16H24N2O2. The van der Waals surface area contributed by atoms with Crippen molar-refractivity contribution in [1.29, 1.82) is 0 Å². The molecule has 20 heavy (non-hydrogen) atoms. The molecule has 2 amide bonds. The Kier molecular flexibility index (Phi) is 5.41. The van der Waals surface area contributed by atoms with E-state index in [0.29, 0.717) is 6.54 Å². The lowest BCUT2D eigenvalue weighted by molar-refractivity contribution is 0.0860. The van der Waals surface area contributed by atoms with Gasteiger partial charge in [0.15, 0.2) is 0 Å². The van der Waals surface area contributed by atoms with Gasteiger partial charge in [0.1, 0.15) is 0 Å². The third kappa shape index (κ3) is 4.23. The molecule has 1 aromatic carbocycles. The molecule has 0 radical (unpaired) electrons. The zero-order valence-corrected chi connectivity index (χ0v) is 12.3. The van der Waals surface area contributed by atoms with E-state index < -0.39 is 0 Å². The van der Waals surface area contributed by atoms with Crippen LogP contribution in [0, 0.1) is 6.92 Å². The van der Waals surface area contributed by atoms with Crippen LogP contribution in [0.3, 0.4) is 0 Å². The maximum absolute atomic E-state index is 11.8. The largest absolute Gasteiger partial charge is 0.376 e. The Balaban J connectivity index is 1.68. The average Bonchev–Trinajstić information content (AvgIpc) is 2.95. The second kappa shape index (κ2) is 7.29. The molecule has 0 saturated carbocycles. The molecule has 2 atom stereocenters. The van der Waals surface area contributed by atoms with Crippen LogP contribution >= 0.6 is 0 Å². The molecule has 1 heterocycles. The number of benzene rings is 1. The van der Waals surface area contributed by atoms with Crippen molar-refractivity contribution in [3.63, 3.8) is 0 Å². The molecule has 4 nitrogen and oxygen atoms in total. The highest BCUT2D eigenvalue weighted by Gasteiger charge is 2.23. The highest BCUT2D eigenvalue weighted by Crippen LogP contribution is 2.15. The molecule has 2 rings (SSSR count). The van der Waals surface area contributed by atoms with E-state index in [0.717, 1.165) is 25.9 Å². The minimum Gasteiger partial charge on any atom is -0.376 e. The van der Waals surface area contributed by atoms with Crippen LogP contribution in [0.15, 0.2) is 24.3 Å². The van der Waals surface area contributed by atoms with E-state index in [2.05, 4.69) is 29.7 Å². The molecule has 2 N–H and O–H groups in total. The summed E-state index contributed by atoms with van der Waals surface area (Å²) in [6.07, 6.45) is 3.14. The molecule has 0 spiro atoms. The first-order valence-electron chi connectivity index (χ1n) is 7.37. The molecule has 0 bridgehead atoms. The molecule has 0 unspecified atom stereocenters. The van der Waals surface area contributed by atoms with Crippen LogP contribution in [-0.4, -0.2) is 31.3 Å². The van der Waals surface area contributed by atoms with Crippen molar-refractivity contribution in [2.45, 2.75) is 45.3 Å². The van der Waals surface area contributed by atoms with Crippen molar-refractivity contribution in [3.8, 4) is 0 Å². The van der Waals surface area contributed by atoms with Gasteiger partial charge >= 0.3 is 6.03 Å². The molecule has 1 aliphatic rings. The Labute approximate surface area is 120 Å². The Morgan fingerprint density at radius 2 is 2.25 bits per heavy atom. The topological polar surface area (TPSA) is 50.4 Å². The zero-order valence-electron chi connectivity index (χ0n) is 12.3. The minimum atomic E-state index is -0.110. The third-order valence-corrected chi connectivity index (χ3v) is 3.82. The molecule has 1 fully saturated rings. The highest BCUT2D eigenvalue weighted by molar-refractivity contribution is 5.74. The summed E-state index contributed by atoms with van der Waals surface area (Å²) in [6, 6.07) is 8.21. The van der Waals surface area contributed by atoms with Gasteiger partial charge in [0, 0.05) is 13.2 Å². The summed E-state index contributed by atoms with van der Waals surface area (Å²) >= 11 is 0. The number of carbonyl (C=O) groups is 1. The van der Waals surface area contributed by atoms with Gasteiger partial charge < -0.3 is 15.4 Å². The fourth-order valence-electron chi connectivity index (χ4n) is 2.55. The number of hydrogen-bond donors (Lipinski definition) is 2. The smallest absolute Gasteiger partial charge is 0.315 e. The van der Waals surface area contributed by atoms with E-state index in [4.69, 9.17) is 4.74 Å². The van der Waals surface area contributed by atoms with Crippen molar-refractivity contribution in [1.82, 2.24) is 10.6 Å². The number of amides is 2. The quantitative estimate of drug-likeness (QED) is 0.867. The van der Waals surface area contributed by atoms with Gasteiger partial charge in [-0.1, -0.05) is 24.3 Å². The van der Waals surface area contributed by atoms with E-state index in [1.165, 1.54) is 11.1 Å². The molecule has 0 aromatic heterocycles. The lowest BCUT2D eigenvalue weighted by atomic mass is 10.1.